The number of ketones is 1. The zero-order valence-electron chi connectivity index (χ0n) is 14.7. The van der Waals surface area contributed by atoms with Crippen molar-refractivity contribution in [1.29, 1.82) is 0 Å². The van der Waals surface area contributed by atoms with Crippen LogP contribution in [-0.4, -0.2) is 30.0 Å². The first-order valence-electron chi connectivity index (χ1n) is 9.01. The van der Waals surface area contributed by atoms with Crippen molar-refractivity contribution in [3.8, 4) is 5.75 Å². The molecule has 4 atom stereocenters. The SMILES string of the molecule is Cc1ccc2c(c1)C(=O)[C@H]1[C@H](c3cccc(F)c3)N[C@@]3(CCOC3=O)[C@H]1O2. The number of halogens is 1. The summed E-state index contributed by atoms with van der Waals surface area (Å²) in [5.74, 6) is -1.05. The van der Waals surface area contributed by atoms with E-state index in [4.69, 9.17) is 9.47 Å². The van der Waals surface area contributed by atoms with Crippen LogP contribution in [0.1, 0.15) is 33.9 Å². The molecule has 6 heteroatoms. The zero-order valence-corrected chi connectivity index (χ0v) is 14.7. The predicted molar refractivity (Wildman–Crippen MR) is 94.0 cm³/mol. The molecule has 0 radical (unpaired) electrons. The van der Waals surface area contributed by atoms with E-state index in [0.717, 1.165) is 5.56 Å². The van der Waals surface area contributed by atoms with Crippen LogP contribution in [0.2, 0.25) is 0 Å². The fourth-order valence-electron chi connectivity index (χ4n) is 4.56. The molecule has 0 saturated carbocycles. The highest BCUT2D eigenvalue weighted by molar-refractivity contribution is 6.04. The maximum Gasteiger partial charge on any atom is 0.330 e. The molecule has 5 nitrogen and oxygen atoms in total. The van der Waals surface area contributed by atoms with Gasteiger partial charge in [0, 0.05) is 12.5 Å². The molecule has 0 bridgehead atoms. The van der Waals surface area contributed by atoms with Gasteiger partial charge < -0.3 is 9.47 Å². The highest BCUT2D eigenvalue weighted by Gasteiger charge is 2.65. The van der Waals surface area contributed by atoms with Crippen molar-refractivity contribution in [3.63, 3.8) is 0 Å². The Kier molecular flexibility index (Phi) is 3.43. The second-order valence-electron chi connectivity index (χ2n) is 7.46. The summed E-state index contributed by atoms with van der Waals surface area (Å²) >= 11 is 0. The summed E-state index contributed by atoms with van der Waals surface area (Å²) in [7, 11) is 0. The number of rotatable bonds is 1. The van der Waals surface area contributed by atoms with Crippen molar-refractivity contribution < 1.29 is 23.5 Å². The van der Waals surface area contributed by atoms with Gasteiger partial charge in [-0.05, 0) is 36.8 Å². The number of nitrogens with one attached hydrogen (secondary N) is 1. The van der Waals surface area contributed by atoms with Gasteiger partial charge in [-0.1, -0.05) is 23.8 Å². The number of cyclic esters (lactones) is 1. The van der Waals surface area contributed by atoms with Crippen LogP contribution in [0.4, 0.5) is 4.39 Å². The van der Waals surface area contributed by atoms with Gasteiger partial charge in [0.15, 0.2) is 11.3 Å². The lowest BCUT2D eigenvalue weighted by molar-refractivity contribution is -0.145. The van der Waals surface area contributed by atoms with Crippen LogP contribution in [0.15, 0.2) is 42.5 Å². The van der Waals surface area contributed by atoms with Crippen LogP contribution in [0.25, 0.3) is 0 Å². The van der Waals surface area contributed by atoms with Crippen molar-refractivity contribution in [1.82, 2.24) is 5.32 Å². The van der Waals surface area contributed by atoms with E-state index < -0.39 is 29.6 Å². The Morgan fingerprint density at radius 3 is 2.78 bits per heavy atom. The summed E-state index contributed by atoms with van der Waals surface area (Å²) in [6, 6.07) is 11.0. The molecule has 3 aliphatic heterocycles. The summed E-state index contributed by atoms with van der Waals surface area (Å²) < 4.78 is 25.3. The minimum absolute atomic E-state index is 0.0942. The van der Waals surface area contributed by atoms with E-state index in [1.165, 1.54) is 12.1 Å². The van der Waals surface area contributed by atoms with Gasteiger partial charge >= 0.3 is 5.97 Å². The molecule has 0 aliphatic carbocycles. The van der Waals surface area contributed by atoms with Gasteiger partial charge in [0.2, 0.25) is 0 Å². The Morgan fingerprint density at radius 1 is 1.19 bits per heavy atom. The number of fused-ring (bicyclic) bond motifs is 3. The first kappa shape index (κ1) is 16.4. The van der Waals surface area contributed by atoms with Crippen LogP contribution in [0.5, 0.6) is 5.75 Å². The van der Waals surface area contributed by atoms with Crippen molar-refractivity contribution in [3.05, 3.63) is 65.0 Å². The smallest absolute Gasteiger partial charge is 0.330 e. The number of hydrogen-bond acceptors (Lipinski definition) is 5. The maximum atomic E-state index is 13.8. The molecule has 5 rings (SSSR count). The maximum absolute atomic E-state index is 13.8. The third-order valence-electron chi connectivity index (χ3n) is 5.84. The Labute approximate surface area is 155 Å². The second-order valence-corrected chi connectivity index (χ2v) is 7.46. The summed E-state index contributed by atoms with van der Waals surface area (Å²) in [4.78, 5) is 26.0. The highest BCUT2D eigenvalue weighted by atomic mass is 19.1. The molecule has 27 heavy (non-hydrogen) atoms. The number of ether oxygens (including phenoxy) is 2. The molecule has 2 saturated heterocycles. The van der Waals surface area contributed by atoms with Gasteiger partial charge in [-0.3, -0.25) is 10.1 Å². The van der Waals surface area contributed by atoms with E-state index in [2.05, 4.69) is 5.32 Å². The van der Waals surface area contributed by atoms with Crippen molar-refractivity contribution in [2.75, 3.05) is 6.61 Å². The number of carbonyl (C=O) groups excluding carboxylic acids is 2. The summed E-state index contributed by atoms with van der Waals surface area (Å²) in [6.07, 6.45) is -0.281. The number of aryl methyl sites for hydroxylation is 1. The van der Waals surface area contributed by atoms with Gasteiger partial charge in [0.25, 0.3) is 0 Å². The summed E-state index contributed by atoms with van der Waals surface area (Å²) in [5, 5.41) is 3.29. The van der Waals surface area contributed by atoms with Gasteiger partial charge in [-0.15, -0.1) is 0 Å². The molecule has 3 heterocycles. The molecule has 2 fully saturated rings. The van der Waals surface area contributed by atoms with Crippen molar-refractivity contribution >= 4 is 11.8 Å². The topological polar surface area (TPSA) is 64.6 Å². The average Bonchev–Trinajstić information content (AvgIpc) is 3.18. The van der Waals surface area contributed by atoms with E-state index in [0.29, 0.717) is 23.3 Å². The first-order chi connectivity index (χ1) is 13.0. The molecule has 138 valence electrons. The molecule has 1 spiro atoms. The average molecular weight is 367 g/mol. The molecular formula is C21H18FNO4. The Hall–Kier alpha value is -2.73. The van der Waals surface area contributed by atoms with Gasteiger partial charge in [0.05, 0.1) is 18.1 Å². The minimum Gasteiger partial charge on any atom is -0.486 e. The van der Waals surface area contributed by atoms with E-state index in [1.807, 2.05) is 13.0 Å². The van der Waals surface area contributed by atoms with E-state index in [9.17, 15) is 14.0 Å². The highest BCUT2D eigenvalue weighted by Crippen LogP contribution is 2.49. The lowest BCUT2D eigenvalue weighted by atomic mass is 9.78. The molecule has 0 unspecified atom stereocenters. The molecule has 0 amide bonds. The Morgan fingerprint density at radius 2 is 2.04 bits per heavy atom. The molecule has 2 aromatic rings. The quantitative estimate of drug-likeness (QED) is 0.785. The van der Waals surface area contributed by atoms with Crippen LogP contribution in [-0.2, 0) is 9.53 Å². The Bertz CT molecular complexity index is 974. The van der Waals surface area contributed by atoms with Gasteiger partial charge in [0.1, 0.15) is 17.7 Å². The Balaban J connectivity index is 1.67. The largest absolute Gasteiger partial charge is 0.486 e. The van der Waals surface area contributed by atoms with Gasteiger partial charge in [-0.25, -0.2) is 9.18 Å². The lowest BCUT2D eigenvalue weighted by Crippen LogP contribution is -2.56. The zero-order chi connectivity index (χ0) is 18.8. The third-order valence-corrected chi connectivity index (χ3v) is 5.84. The number of hydrogen-bond donors (Lipinski definition) is 1. The molecule has 1 N–H and O–H groups in total. The predicted octanol–water partition coefficient (Wildman–Crippen LogP) is 2.72. The fraction of sp³-hybridized carbons (Fsp3) is 0.333. The molecule has 2 aromatic carbocycles. The monoisotopic (exact) mass is 367 g/mol. The summed E-state index contributed by atoms with van der Waals surface area (Å²) in [5.41, 5.74) is 0.977. The number of esters is 1. The van der Waals surface area contributed by atoms with Crippen LogP contribution in [0, 0.1) is 18.7 Å². The molecular weight excluding hydrogens is 349 g/mol. The van der Waals surface area contributed by atoms with Crippen molar-refractivity contribution in [2.24, 2.45) is 5.92 Å². The van der Waals surface area contributed by atoms with E-state index in [1.54, 1.807) is 24.3 Å². The van der Waals surface area contributed by atoms with Crippen molar-refractivity contribution in [2.45, 2.75) is 31.0 Å². The second kappa shape index (κ2) is 5.63. The fourth-order valence-corrected chi connectivity index (χ4v) is 4.56. The molecule has 3 aliphatic rings. The summed E-state index contributed by atoms with van der Waals surface area (Å²) in [6.45, 7) is 2.18. The molecule has 0 aromatic heterocycles. The van der Waals surface area contributed by atoms with Gasteiger partial charge in [-0.2, -0.15) is 0 Å². The van der Waals surface area contributed by atoms with Crippen LogP contribution >= 0.6 is 0 Å². The van der Waals surface area contributed by atoms with E-state index >= 15 is 0 Å². The standard InChI is InChI=1S/C21H18FNO4/c1-11-5-6-15-14(9-11)18(24)16-17(12-3-2-4-13(22)10-12)23-21(19(16)27-15)7-8-26-20(21)25/h2-6,9-10,16-17,19,23H,7-8H2,1H3/t16-,17+,19+,21+/m1/s1. The number of carbonyl (C=O) groups is 2. The number of benzene rings is 2. The lowest BCUT2D eigenvalue weighted by Gasteiger charge is -2.34. The van der Waals surface area contributed by atoms with Crippen LogP contribution in [0.3, 0.4) is 0 Å². The third kappa shape index (κ3) is 2.26. The minimum atomic E-state index is -1.10. The van der Waals surface area contributed by atoms with Crippen LogP contribution < -0.4 is 10.1 Å². The first-order valence-corrected chi connectivity index (χ1v) is 9.01. The normalized spacial score (nSPS) is 31.4. The number of Topliss-reactive ketones (excluding diaryl/α,β-unsaturated/α-hetero) is 1. The van der Waals surface area contributed by atoms with E-state index in [-0.39, 0.29) is 18.2 Å².